The van der Waals surface area contributed by atoms with E-state index in [1.807, 2.05) is 0 Å². The first-order valence-electron chi connectivity index (χ1n) is 3.73. The third-order valence-electron chi connectivity index (χ3n) is 1.50. The normalized spacial score (nSPS) is 9.00. The smallest absolute Gasteiger partial charge is 0.336 e. The molecule has 0 unspecified atom stereocenters. The number of alkyl halides is 1. The lowest BCUT2D eigenvalue weighted by atomic mass is 10.1. The van der Waals surface area contributed by atoms with E-state index in [4.69, 9.17) is 5.11 Å². The third-order valence-corrected chi connectivity index (χ3v) is 1.78. The molecule has 4 heteroatoms. The van der Waals surface area contributed by atoms with Gasteiger partial charge < -0.3 is 5.11 Å². The van der Waals surface area contributed by atoms with Gasteiger partial charge in [0.15, 0.2) is 0 Å². The summed E-state index contributed by atoms with van der Waals surface area (Å²) in [6.45, 7) is 0. The predicted octanol–water partition coefficient (Wildman–Crippen LogP) is 2.27. The molecule has 0 saturated heterocycles. The summed E-state index contributed by atoms with van der Waals surface area (Å²) >= 11 is 3.07. The molecule has 2 nitrogen and oxygen atoms in total. The van der Waals surface area contributed by atoms with Gasteiger partial charge in [0.05, 0.1) is 10.9 Å². The standard InChI is InChI=1S/C10H6BrFO2/c11-5-1-2-7-6-8(12)3-4-9(7)10(13)14/h3-4,6H,5H2,(H,13,14). The molecule has 0 bridgehead atoms. The number of rotatable bonds is 1. The van der Waals surface area contributed by atoms with Crippen LogP contribution in [0.4, 0.5) is 4.39 Å². The summed E-state index contributed by atoms with van der Waals surface area (Å²) < 4.78 is 12.8. The number of hydrogen-bond acceptors (Lipinski definition) is 1. The summed E-state index contributed by atoms with van der Waals surface area (Å²) in [7, 11) is 0. The minimum absolute atomic E-state index is 0.0138. The van der Waals surface area contributed by atoms with Crippen LogP contribution in [-0.2, 0) is 0 Å². The number of aromatic carboxylic acids is 1. The number of benzene rings is 1. The molecule has 0 spiro atoms. The van der Waals surface area contributed by atoms with Gasteiger partial charge >= 0.3 is 5.97 Å². The Labute approximate surface area is 88.9 Å². The van der Waals surface area contributed by atoms with Gasteiger partial charge in [-0.25, -0.2) is 9.18 Å². The highest BCUT2D eigenvalue weighted by Gasteiger charge is 2.08. The first kappa shape index (κ1) is 10.7. The number of carboxylic acids is 1. The minimum atomic E-state index is -1.11. The maximum atomic E-state index is 12.8. The molecule has 1 aromatic rings. The van der Waals surface area contributed by atoms with Gasteiger partial charge in [-0.15, -0.1) is 0 Å². The lowest BCUT2D eigenvalue weighted by Crippen LogP contribution is -2.00. The van der Waals surface area contributed by atoms with Gasteiger partial charge in [-0.05, 0) is 18.2 Å². The van der Waals surface area contributed by atoms with Crippen molar-refractivity contribution in [2.75, 3.05) is 5.33 Å². The van der Waals surface area contributed by atoms with Crippen LogP contribution in [-0.4, -0.2) is 16.4 Å². The fourth-order valence-corrected chi connectivity index (χ4v) is 1.08. The molecule has 0 saturated carbocycles. The maximum absolute atomic E-state index is 12.8. The van der Waals surface area contributed by atoms with Crippen LogP contribution in [0.5, 0.6) is 0 Å². The first-order chi connectivity index (χ1) is 6.65. The van der Waals surface area contributed by atoms with Crippen LogP contribution < -0.4 is 0 Å². The third kappa shape index (κ3) is 2.57. The predicted molar refractivity (Wildman–Crippen MR) is 54.0 cm³/mol. The molecular weight excluding hydrogens is 251 g/mol. The Kier molecular flexibility index (Phi) is 3.66. The zero-order valence-corrected chi connectivity index (χ0v) is 8.64. The second-order valence-electron chi connectivity index (χ2n) is 2.43. The summed E-state index contributed by atoms with van der Waals surface area (Å²) in [6, 6.07) is 3.41. The molecule has 0 atom stereocenters. The van der Waals surface area contributed by atoms with E-state index in [1.54, 1.807) is 0 Å². The van der Waals surface area contributed by atoms with E-state index in [9.17, 15) is 9.18 Å². The van der Waals surface area contributed by atoms with Gasteiger partial charge in [0.2, 0.25) is 0 Å². The Morgan fingerprint density at radius 2 is 2.29 bits per heavy atom. The number of carboxylic acid groups (broad SMARTS) is 1. The van der Waals surface area contributed by atoms with Crippen molar-refractivity contribution in [2.45, 2.75) is 0 Å². The molecule has 0 fully saturated rings. The molecule has 1 N–H and O–H groups in total. The van der Waals surface area contributed by atoms with Gasteiger partial charge in [-0.1, -0.05) is 27.8 Å². The van der Waals surface area contributed by atoms with Crippen molar-refractivity contribution in [3.05, 3.63) is 35.1 Å². The summed E-state index contributed by atoms with van der Waals surface area (Å²) in [5.41, 5.74) is 0.205. The molecule has 14 heavy (non-hydrogen) atoms. The zero-order valence-electron chi connectivity index (χ0n) is 7.05. The van der Waals surface area contributed by atoms with Crippen LogP contribution in [0.1, 0.15) is 15.9 Å². The second-order valence-corrected chi connectivity index (χ2v) is 2.99. The van der Waals surface area contributed by atoms with Crippen molar-refractivity contribution < 1.29 is 14.3 Å². The summed E-state index contributed by atoms with van der Waals surface area (Å²) in [6.07, 6.45) is 0. The van der Waals surface area contributed by atoms with Crippen molar-refractivity contribution in [3.8, 4) is 11.8 Å². The molecular formula is C10H6BrFO2. The molecule has 0 aliphatic heterocycles. The fourth-order valence-electron chi connectivity index (χ4n) is 0.935. The second kappa shape index (κ2) is 4.77. The van der Waals surface area contributed by atoms with Gasteiger partial charge in [-0.2, -0.15) is 0 Å². The fraction of sp³-hybridized carbons (Fsp3) is 0.100. The van der Waals surface area contributed by atoms with Gasteiger partial charge in [0.1, 0.15) is 5.82 Å². The monoisotopic (exact) mass is 256 g/mol. The van der Waals surface area contributed by atoms with E-state index in [2.05, 4.69) is 27.8 Å². The summed E-state index contributed by atoms with van der Waals surface area (Å²) in [4.78, 5) is 10.7. The van der Waals surface area contributed by atoms with Gasteiger partial charge in [0, 0.05) is 5.56 Å². The molecule has 0 aromatic heterocycles. The molecule has 0 radical (unpaired) electrons. The Morgan fingerprint density at radius 1 is 1.57 bits per heavy atom. The van der Waals surface area contributed by atoms with Gasteiger partial charge in [-0.3, -0.25) is 0 Å². The highest BCUT2D eigenvalue weighted by molar-refractivity contribution is 9.09. The van der Waals surface area contributed by atoms with Crippen LogP contribution in [0.25, 0.3) is 0 Å². The van der Waals surface area contributed by atoms with Gasteiger partial charge in [0.25, 0.3) is 0 Å². The highest BCUT2D eigenvalue weighted by Crippen LogP contribution is 2.10. The van der Waals surface area contributed by atoms with Crippen LogP contribution in [0.2, 0.25) is 0 Å². The van der Waals surface area contributed by atoms with E-state index < -0.39 is 11.8 Å². The lowest BCUT2D eigenvalue weighted by molar-refractivity contribution is 0.0696. The lowest BCUT2D eigenvalue weighted by Gasteiger charge is -1.98. The minimum Gasteiger partial charge on any atom is -0.478 e. The van der Waals surface area contributed by atoms with Crippen LogP contribution in [0.15, 0.2) is 18.2 Å². The van der Waals surface area contributed by atoms with Crippen LogP contribution >= 0.6 is 15.9 Å². The molecule has 0 amide bonds. The van der Waals surface area contributed by atoms with Crippen molar-refractivity contribution in [2.24, 2.45) is 0 Å². The Morgan fingerprint density at radius 3 is 2.86 bits per heavy atom. The number of halogens is 2. The number of hydrogen-bond donors (Lipinski definition) is 1. The Hall–Kier alpha value is -1.34. The maximum Gasteiger partial charge on any atom is 0.336 e. The average Bonchev–Trinajstić information content (AvgIpc) is 2.14. The van der Waals surface area contributed by atoms with E-state index in [-0.39, 0.29) is 11.1 Å². The zero-order chi connectivity index (χ0) is 10.6. The van der Waals surface area contributed by atoms with Crippen molar-refractivity contribution >= 4 is 21.9 Å². The summed E-state index contributed by atoms with van der Waals surface area (Å²) in [5.74, 6) is 3.59. The summed E-state index contributed by atoms with van der Waals surface area (Å²) in [5, 5.41) is 9.17. The van der Waals surface area contributed by atoms with E-state index in [0.29, 0.717) is 5.33 Å². The molecule has 0 aliphatic rings. The Bertz CT molecular complexity index is 418. The molecule has 1 rings (SSSR count). The van der Waals surface area contributed by atoms with E-state index in [1.165, 1.54) is 6.07 Å². The number of carbonyl (C=O) groups is 1. The molecule has 1 aromatic carbocycles. The highest BCUT2D eigenvalue weighted by atomic mass is 79.9. The largest absolute Gasteiger partial charge is 0.478 e. The van der Waals surface area contributed by atoms with Crippen LogP contribution in [0.3, 0.4) is 0 Å². The Balaban J connectivity index is 3.22. The quantitative estimate of drug-likeness (QED) is 0.619. The van der Waals surface area contributed by atoms with Crippen molar-refractivity contribution in [1.29, 1.82) is 0 Å². The molecule has 0 aliphatic carbocycles. The molecule has 0 heterocycles. The van der Waals surface area contributed by atoms with Crippen molar-refractivity contribution in [3.63, 3.8) is 0 Å². The van der Waals surface area contributed by atoms with Crippen molar-refractivity contribution in [1.82, 2.24) is 0 Å². The SMILES string of the molecule is O=C(O)c1ccc(F)cc1C#CCBr. The van der Waals surface area contributed by atoms with E-state index >= 15 is 0 Å². The average molecular weight is 257 g/mol. The van der Waals surface area contributed by atoms with E-state index in [0.717, 1.165) is 12.1 Å². The first-order valence-corrected chi connectivity index (χ1v) is 4.85. The molecule has 72 valence electrons. The van der Waals surface area contributed by atoms with Crippen LogP contribution in [0, 0.1) is 17.7 Å². The topological polar surface area (TPSA) is 37.3 Å².